The average molecular weight is 271 g/mol. The number of benzene rings is 1. The van der Waals surface area contributed by atoms with Crippen molar-refractivity contribution in [3.05, 3.63) is 29.8 Å². The van der Waals surface area contributed by atoms with Crippen molar-refractivity contribution in [1.82, 2.24) is 4.90 Å². The van der Waals surface area contributed by atoms with E-state index in [1.165, 1.54) is 4.90 Å². The lowest BCUT2D eigenvalue weighted by Gasteiger charge is -2.29. The van der Waals surface area contributed by atoms with Crippen LogP contribution in [-0.2, 0) is 4.79 Å². The maximum Gasteiger partial charge on any atom is 0.331 e. The topological polar surface area (TPSA) is 64.4 Å². The zero-order valence-corrected chi connectivity index (χ0v) is 11.7. The molecular weight excluding hydrogens is 254 g/mol. The van der Waals surface area contributed by atoms with Gasteiger partial charge in [0.25, 0.3) is 0 Å². The molecule has 20 heavy (non-hydrogen) atoms. The number of carbonyl (C=O) groups is 2. The SMILES string of the molecule is CC(C)N1CCCC(=O)N(c2ccc(C#N)cc2)C1=O. The Kier molecular flexibility index (Phi) is 4.04. The minimum atomic E-state index is -0.285. The van der Waals surface area contributed by atoms with Crippen molar-refractivity contribution in [3.8, 4) is 6.07 Å². The summed E-state index contributed by atoms with van der Waals surface area (Å²) in [5.41, 5.74) is 1.02. The van der Waals surface area contributed by atoms with E-state index in [1.807, 2.05) is 19.9 Å². The van der Waals surface area contributed by atoms with Gasteiger partial charge in [-0.15, -0.1) is 0 Å². The highest BCUT2D eigenvalue weighted by atomic mass is 16.2. The second kappa shape index (κ2) is 5.74. The predicted molar refractivity (Wildman–Crippen MR) is 75.1 cm³/mol. The van der Waals surface area contributed by atoms with Crippen molar-refractivity contribution in [2.24, 2.45) is 0 Å². The number of nitrogens with zero attached hydrogens (tertiary/aromatic N) is 3. The summed E-state index contributed by atoms with van der Waals surface area (Å²) in [4.78, 5) is 27.6. The summed E-state index contributed by atoms with van der Waals surface area (Å²) in [6.07, 6.45) is 1.03. The zero-order chi connectivity index (χ0) is 14.7. The normalized spacial score (nSPS) is 16.3. The van der Waals surface area contributed by atoms with Crippen molar-refractivity contribution in [3.63, 3.8) is 0 Å². The van der Waals surface area contributed by atoms with Crippen LogP contribution in [0.3, 0.4) is 0 Å². The fraction of sp³-hybridized carbons (Fsp3) is 0.400. The van der Waals surface area contributed by atoms with Crippen molar-refractivity contribution in [1.29, 1.82) is 5.26 Å². The van der Waals surface area contributed by atoms with E-state index >= 15 is 0 Å². The Morgan fingerprint density at radius 1 is 1.20 bits per heavy atom. The second-order valence-corrected chi connectivity index (χ2v) is 5.06. The van der Waals surface area contributed by atoms with Crippen molar-refractivity contribution < 1.29 is 9.59 Å². The molecule has 0 aliphatic carbocycles. The Balaban J connectivity index is 2.36. The number of hydrogen-bond donors (Lipinski definition) is 0. The second-order valence-electron chi connectivity index (χ2n) is 5.06. The molecule has 1 saturated heterocycles. The van der Waals surface area contributed by atoms with Gasteiger partial charge >= 0.3 is 6.03 Å². The third-order valence-electron chi connectivity index (χ3n) is 3.35. The number of hydrogen-bond acceptors (Lipinski definition) is 3. The highest BCUT2D eigenvalue weighted by Gasteiger charge is 2.31. The number of anilines is 1. The first-order valence-electron chi connectivity index (χ1n) is 6.68. The van der Waals surface area contributed by atoms with Crippen LogP contribution in [0.15, 0.2) is 24.3 Å². The lowest BCUT2D eigenvalue weighted by atomic mass is 10.2. The standard InChI is InChI=1S/C15H17N3O2/c1-11(2)17-9-3-4-14(19)18(15(17)20)13-7-5-12(10-16)6-8-13/h5-8,11H,3-4,9H2,1-2H3. The Morgan fingerprint density at radius 2 is 1.85 bits per heavy atom. The summed E-state index contributed by atoms with van der Waals surface area (Å²) < 4.78 is 0. The van der Waals surface area contributed by atoms with Gasteiger partial charge in [-0.1, -0.05) is 0 Å². The molecule has 1 aliphatic heterocycles. The number of carbonyl (C=O) groups excluding carboxylic acids is 2. The molecule has 0 aromatic heterocycles. The van der Waals surface area contributed by atoms with Crippen LogP contribution in [-0.4, -0.2) is 29.4 Å². The third-order valence-corrected chi connectivity index (χ3v) is 3.35. The van der Waals surface area contributed by atoms with E-state index in [0.29, 0.717) is 30.6 Å². The maximum atomic E-state index is 12.5. The van der Waals surface area contributed by atoms with E-state index < -0.39 is 0 Å². The molecule has 0 atom stereocenters. The molecule has 1 fully saturated rings. The smallest absolute Gasteiger partial charge is 0.322 e. The van der Waals surface area contributed by atoms with Gasteiger partial charge < -0.3 is 4.90 Å². The fourth-order valence-corrected chi connectivity index (χ4v) is 2.26. The van der Waals surface area contributed by atoms with Gasteiger partial charge in [-0.05, 0) is 44.5 Å². The van der Waals surface area contributed by atoms with Crippen LogP contribution >= 0.6 is 0 Å². The van der Waals surface area contributed by atoms with E-state index in [-0.39, 0.29) is 18.0 Å². The molecule has 5 heteroatoms. The van der Waals surface area contributed by atoms with E-state index in [4.69, 9.17) is 5.26 Å². The lowest BCUT2D eigenvalue weighted by Crippen LogP contribution is -2.47. The minimum Gasteiger partial charge on any atom is -0.322 e. The van der Waals surface area contributed by atoms with E-state index in [9.17, 15) is 9.59 Å². The van der Waals surface area contributed by atoms with Crippen LogP contribution in [0.25, 0.3) is 0 Å². The number of amides is 3. The van der Waals surface area contributed by atoms with Gasteiger partial charge in [0.05, 0.1) is 17.3 Å². The van der Waals surface area contributed by atoms with Crippen molar-refractivity contribution in [2.75, 3.05) is 11.4 Å². The fourth-order valence-electron chi connectivity index (χ4n) is 2.26. The number of urea groups is 1. The van der Waals surface area contributed by atoms with Crippen LogP contribution in [0.2, 0.25) is 0 Å². The van der Waals surface area contributed by atoms with Crippen molar-refractivity contribution >= 4 is 17.6 Å². The molecule has 2 rings (SSSR count). The van der Waals surface area contributed by atoms with Crippen LogP contribution in [0, 0.1) is 11.3 Å². The molecule has 1 aromatic carbocycles. The van der Waals surface area contributed by atoms with Crippen LogP contribution in [0.5, 0.6) is 0 Å². The number of imide groups is 1. The first kappa shape index (κ1) is 14.1. The Bertz CT molecular complexity index is 557. The molecule has 0 spiro atoms. The van der Waals surface area contributed by atoms with E-state index in [2.05, 4.69) is 0 Å². The highest BCUT2D eigenvalue weighted by Crippen LogP contribution is 2.22. The molecule has 0 bridgehead atoms. The van der Waals surface area contributed by atoms with E-state index in [0.717, 1.165) is 0 Å². The number of rotatable bonds is 2. The van der Waals surface area contributed by atoms with Crippen LogP contribution < -0.4 is 4.90 Å². The zero-order valence-electron chi connectivity index (χ0n) is 11.7. The van der Waals surface area contributed by atoms with Crippen LogP contribution in [0.4, 0.5) is 10.5 Å². The summed E-state index contributed by atoms with van der Waals surface area (Å²) in [6.45, 7) is 4.46. The predicted octanol–water partition coefficient (Wildman–Crippen LogP) is 2.52. The molecule has 104 valence electrons. The summed E-state index contributed by atoms with van der Waals surface area (Å²) in [7, 11) is 0. The maximum absolute atomic E-state index is 12.5. The molecular formula is C15H17N3O2. The first-order valence-corrected chi connectivity index (χ1v) is 6.68. The molecule has 0 unspecified atom stereocenters. The largest absolute Gasteiger partial charge is 0.331 e. The summed E-state index contributed by atoms with van der Waals surface area (Å²) >= 11 is 0. The van der Waals surface area contributed by atoms with Gasteiger partial charge in [-0.3, -0.25) is 4.79 Å². The number of nitriles is 1. The molecule has 1 aliphatic rings. The van der Waals surface area contributed by atoms with Gasteiger partial charge in [-0.25, -0.2) is 9.69 Å². The van der Waals surface area contributed by atoms with Gasteiger partial charge in [0.15, 0.2) is 0 Å². The molecule has 3 amide bonds. The average Bonchev–Trinajstić information content (AvgIpc) is 2.58. The lowest BCUT2D eigenvalue weighted by molar-refractivity contribution is -0.117. The highest BCUT2D eigenvalue weighted by molar-refractivity contribution is 6.14. The summed E-state index contributed by atoms with van der Waals surface area (Å²) in [5.74, 6) is -0.192. The van der Waals surface area contributed by atoms with Gasteiger partial charge in [0, 0.05) is 19.0 Å². The monoisotopic (exact) mass is 271 g/mol. The molecule has 0 radical (unpaired) electrons. The minimum absolute atomic E-state index is 0.0503. The quantitative estimate of drug-likeness (QED) is 0.830. The first-order chi connectivity index (χ1) is 9.54. The van der Waals surface area contributed by atoms with Gasteiger partial charge in [0.1, 0.15) is 0 Å². The molecule has 5 nitrogen and oxygen atoms in total. The Morgan fingerprint density at radius 3 is 2.40 bits per heavy atom. The van der Waals surface area contributed by atoms with Gasteiger partial charge in [-0.2, -0.15) is 5.26 Å². The molecule has 0 saturated carbocycles. The van der Waals surface area contributed by atoms with E-state index in [1.54, 1.807) is 29.2 Å². The van der Waals surface area contributed by atoms with Gasteiger partial charge in [0.2, 0.25) is 5.91 Å². The Labute approximate surface area is 118 Å². The summed E-state index contributed by atoms with van der Waals surface area (Å²) in [6, 6.07) is 8.28. The summed E-state index contributed by atoms with van der Waals surface area (Å²) in [5, 5.41) is 8.80. The molecule has 1 aromatic rings. The Hall–Kier alpha value is -2.35. The molecule has 1 heterocycles. The van der Waals surface area contributed by atoms with Crippen LogP contribution in [0.1, 0.15) is 32.3 Å². The van der Waals surface area contributed by atoms with Crippen molar-refractivity contribution in [2.45, 2.75) is 32.7 Å². The third kappa shape index (κ3) is 2.64. The molecule has 0 N–H and O–H groups in total.